The van der Waals surface area contributed by atoms with Gasteiger partial charge in [-0.2, -0.15) is 0 Å². The molecule has 2 aromatic heterocycles. The quantitative estimate of drug-likeness (QED) is 0.609. The number of benzene rings is 1. The minimum absolute atomic E-state index is 0.399. The van der Waals surface area contributed by atoms with Crippen LogP contribution in [0.15, 0.2) is 27.8 Å². The van der Waals surface area contributed by atoms with Crippen molar-refractivity contribution in [3.8, 4) is 23.0 Å². The van der Waals surface area contributed by atoms with Gasteiger partial charge in [-0.3, -0.25) is 0 Å². The molecule has 3 rings (SSSR count). The summed E-state index contributed by atoms with van der Waals surface area (Å²) in [6.45, 7) is 0. The van der Waals surface area contributed by atoms with E-state index in [1.165, 1.54) is 11.8 Å². The van der Waals surface area contributed by atoms with Crippen molar-refractivity contribution < 1.29 is 13.9 Å². The zero-order valence-electron chi connectivity index (χ0n) is 12.1. The fraction of sp³-hybridized carbons (Fsp3) is 0.231. The van der Waals surface area contributed by atoms with Crippen molar-refractivity contribution >= 4 is 34.9 Å². The first-order chi connectivity index (χ1) is 11.2. The number of aromatic nitrogens is 4. The Bertz CT molecular complexity index is 808. The number of halogens is 1. The predicted molar refractivity (Wildman–Crippen MR) is 87.3 cm³/mol. The lowest BCUT2D eigenvalue weighted by atomic mass is 10.2. The van der Waals surface area contributed by atoms with E-state index in [0.29, 0.717) is 38.4 Å². The van der Waals surface area contributed by atoms with Gasteiger partial charge in [-0.05, 0) is 18.2 Å². The van der Waals surface area contributed by atoms with Crippen LogP contribution in [0.2, 0.25) is 4.34 Å². The van der Waals surface area contributed by atoms with Crippen LogP contribution in [0.4, 0.5) is 0 Å². The summed E-state index contributed by atoms with van der Waals surface area (Å²) in [6, 6.07) is 5.39. The Morgan fingerprint density at radius 2 is 2.00 bits per heavy atom. The molecule has 0 bridgehead atoms. The van der Waals surface area contributed by atoms with Crippen molar-refractivity contribution in [3.63, 3.8) is 0 Å². The maximum Gasteiger partial charge on any atom is 0.277 e. The summed E-state index contributed by atoms with van der Waals surface area (Å²) in [5.41, 5.74) is 1.45. The second-order valence-corrected chi connectivity index (χ2v) is 6.51. The third-order valence-electron chi connectivity index (χ3n) is 2.88. The smallest absolute Gasteiger partial charge is 0.277 e. The molecule has 0 atom stereocenters. The second kappa shape index (κ2) is 7.16. The normalized spacial score (nSPS) is 10.7. The Morgan fingerprint density at radius 1 is 1.17 bits per heavy atom. The molecule has 23 heavy (non-hydrogen) atoms. The van der Waals surface area contributed by atoms with E-state index in [4.69, 9.17) is 25.5 Å². The maximum atomic E-state index is 5.96. The van der Waals surface area contributed by atoms with Crippen LogP contribution in [-0.2, 0) is 5.75 Å². The fourth-order valence-electron chi connectivity index (χ4n) is 1.77. The lowest BCUT2D eigenvalue weighted by molar-refractivity contribution is 0.355. The van der Waals surface area contributed by atoms with E-state index in [9.17, 15) is 0 Å². The van der Waals surface area contributed by atoms with Crippen LogP contribution in [0, 0.1) is 0 Å². The molecule has 0 saturated carbocycles. The molecule has 0 N–H and O–H groups in total. The molecule has 0 unspecified atom stereocenters. The summed E-state index contributed by atoms with van der Waals surface area (Å²) >= 11 is 8.45. The topological polar surface area (TPSA) is 83.2 Å². The number of hydrogen-bond donors (Lipinski definition) is 0. The Kier molecular flexibility index (Phi) is 4.99. The zero-order valence-corrected chi connectivity index (χ0v) is 14.5. The van der Waals surface area contributed by atoms with Gasteiger partial charge in [0.25, 0.3) is 5.22 Å². The molecule has 0 radical (unpaired) electrons. The maximum absolute atomic E-state index is 5.96. The number of rotatable bonds is 6. The van der Waals surface area contributed by atoms with Crippen LogP contribution < -0.4 is 9.47 Å². The lowest BCUT2D eigenvalue weighted by Crippen LogP contribution is -1.90. The first kappa shape index (κ1) is 16.0. The Hall–Kier alpha value is -1.84. The second-order valence-electron chi connectivity index (χ2n) is 4.22. The summed E-state index contributed by atoms with van der Waals surface area (Å²) < 4.78 is 20.4. The van der Waals surface area contributed by atoms with E-state index in [2.05, 4.69) is 19.8 Å². The van der Waals surface area contributed by atoms with Crippen molar-refractivity contribution in [2.75, 3.05) is 14.2 Å². The van der Waals surface area contributed by atoms with Gasteiger partial charge in [0, 0.05) is 22.8 Å². The van der Waals surface area contributed by atoms with Crippen molar-refractivity contribution in [3.05, 3.63) is 28.2 Å². The average Bonchev–Trinajstić information content (AvgIpc) is 3.21. The molecule has 1 aromatic carbocycles. The third kappa shape index (κ3) is 3.57. The van der Waals surface area contributed by atoms with Crippen molar-refractivity contribution in [2.45, 2.75) is 11.0 Å². The van der Waals surface area contributed by atoms with Gasteiger partial charge in [0.2, 0.25) is 5.89 Å². The molecule has 0 spiro atoms. The van der Waals surface area contributed by atoms with Gasteiger partial charge in [-0.15, -0.1) is 15.3 Å². The molecule has 2 heterocycles. The van der Waals surface area contributed by atoms with Crippen LogP contribution in [0.5, 0.6) is 11.5 Å². The molecular weight excluding hydrogens is 360 g/mol. The van der Waals surface area contributed by atoms with E-state index < -0.39 is 0 Å². The number of methoxy groups -OCH3 is 2. The van der Waals surface area contributed by atoms with Gasteiger partial charge in [-0.1, -0.05) is 27.9 Å². The summed E-state index contributed by atoms with van der Waals surface area (Å²) in [7, 11) is 3.15. The largest absolute Gasteiger partial charge is 0.493 e. The van der Waals surface area contributed by atoms with Crippen molar-refractivity contribution in [2.24, 2.45) is 0 Å². The highest BCUT2D eigenvalue weighted by Gasteiger charge is 2.14. The molecule has 7 nitrogen and oxygen atoms in total. The summed E-state index contributed by atoms with van der Waals surface area (Å²) in [5.74, 6) is 2.15. The molecule has 3 aromatic rings. The molecule has 0 aliphatic heterocycles. The first-order valence-corrected chi connectivity index (χ1v) is 8.50. The number of ether oxygens (including phenoxy) is 2. The number of nitrogens with zero attached hydrogens (tertiary/aromatic N) is 4. The number of hydrogen-bond acceptors (Lipinski definition) is 9. The molecule has 10 heteroatoms. The first-order valence-electron chi connectivity index (χ1n) is 6.36. The van der Waals surface area contributed by atoms with Gasteiger partial charge in [0.05, 0.1) is 14.2 Å². The van der Waals surface area contributed by atoms with Gasteiger partial charge in [-0.25, -0.2) is 0 Å². The summed E-state index contributed by atoms with van der Waals surface area (Å²) in [5, 5.41) is 12.4. The van der Waals surface area contributed by atoms with Crippen LogP contribution in [0.3, 0.4) is 0 Å². The molecule has 0 aliphatic rings. The monoisotopic (exact) mass is 370 g/mol. The molecular formula is C13H11ClN4O3S2. The van der Waals surface area contributed by atoms with Crippen LogP contribution in [0.1, 0.15) is 5.69 Å². The molecule has 0 fully saturated rings. The van der Waals surface area contributed by atoms with E-state index in [-0.39, 0.29) is 0 Å². The van der Waals surface area contributed by atoms with Crippen LogP contribution in [-0.4, -0.2) is 34.0 Å². The van der Waals surface area contributed by atoms with E-state index in [0.717, 1.165) is 17.1 Å². The van der Waals surface area contributed by atoms with E-state index in [1.54, 1.807) is 26.4 Å². The SMILES string of the molecule is COc1ccc(-c2nnc(SCc3nnsc3Cl)o2)cc1OC. The molecule has 0 aliphatic carbocycles. The molecule has 0 saturated heterocycles. The molecule has 120 valence electrons. The highest BCUT2D eigenvalue weighted by atomic mass is 35.5. The third-order valence-corrected chi connectivity index (χ3v) is 4.69. The highest BCUT2D eigenvalue weighted by Crippen LogP contribution is 2.33. The van der Waals surface area contributed by atoms with E-state index >= 15 is 0 Å². The van der Waals surface area contributed by atoms with Gasteiger partial charge < -0.3 is 13.9 Å². The fourth-order valence-corrected chi connectivity index (χ4v) is 3.26. The summed E-state index contributed by atoms with van der Waals surface area (Å²) in [6.07, 6.45) is 0. The zero-order chi connectivity index (χ0) is 16.2. The Labute approximate surface area is 145 Å². The standard InChI is InChI=1S/C13H11ClN4O3S2/c1-19-9-4-3-7(5-10(9)20-2)12-16-17-13(21-12)22-6-8-11(14)23-18-15-8/h3-5H,6H2,1-2H3. The Morgan fingerprint density at radius 3 is 2.70 bits per heavy atom. The van der Waals surface area contributed by atoms with Gasteiger partial charge in [0.15, 0.2) is 11.5 Å². The highest BCUT2D eigenvalue weighted by molar-refractivity contribution is 7.98. The minimum atomic E-state index is 0.399. The van der Waals surface area contributed by atoms with Crippen molar-refractivity contribution in [1.29, 1.82) is 0 Å². The van der Waals surface area contributed by atoms with E-state index in [1.807, 2.05) is 6.07 Å². The Balaban J connectivity index is 1.75. The summed E-state index contributed by atoms with van der Waals surface area (Å²) in [4.78, 5) is 0. The lowest BCUT2D eigenvalue weighted by Gasteiger charge is -2.07. The van der Waals surface area contributed by atoms with Gasteiger partial charge >= 0.3 is 0 Å². The number of thioether (sulfide) groups is 1. The van der Waals surface area contributed by atoms with Gasteiger partial charge in [0.1, 0.15) is 10.0 Å². The van der Waals surface area contributed by atoms with Crippen LogP contribution >= 0.6 is 34.9 Å². The minimum Gasteiger partial charge on any atom is -0.493 e. The predicted octanol–water partition coefficient (Wildman–Crippen LogP) is 3.55. The van der Waals surface area contributed by atoms with Crippen LogP contribution in [0.25, 0.3) is 11.5 Å². The van der Waals surface area contributed by atoms with Crippen molar-refractivity contribution in [1.82, 2.24) is 19.8 Å². The molecule has 0 amide bonds. The average molecular weight is 371 g/mol.